The monoisotopic (exact) mass is 397 g/mol. The number of rotatable bonds is 5. The van der Waals surface area contributed by atoms with Crippen molar-refractivity contribution in [3.63, 3.8) is 0 Å². The van der Waals surface area contributed by atoms with Crippen LogP contribution in [0.2, 0.25) is 0 Å². The number of hydrogen-bond donors (Lipinski definition) is 0. The second-order valence-electron chi connectivity index (χ2n) is 7.85. The maximum atomic E-state index is 12.5. The lowest BCUT2D eigenvalue weighted by molar-refractivity contribution is -0.135. The highest BCUT2D eigenvalue weighted by Gasteiger charge is 2.25. The van der Waals surface area contributed by atoms with E-state index in [2.05, 4.69) is 24.3 Å². The first-order valence-corrected chi connectivity index (χ1v) is 11.2. The summed E-state index contributed by atoms with van der Waals surface area (Å²) >= 11 is 1.65. The lowest BCUT2D eigenvalue weighted by Crippen LogP contribution is -2.41. The first-order valence-electron chi connectivity index (χ1n) is 10.3. The van der Waals surface area contributed by atoms with E-state index >= 15 is 0 Å². The molecule has 0 saturated carbocycles. The minimum absolute atomic E-state index is 0.0735. The van der Waals surface area contributed by atoms with Crippen molar-refractivity contribution in [2.45, 2.75) is 44.9 Å². The summed E-state index contributed by atoms with van der Waals surface area (Å²) in [6, 6.07) is 10.5. The lowest BCUT2D eigenvalue weighted by Gasteiger charge is -2.32. The van der Waals surface area contributed by atoms with Crippen LogP contribution in [0.1, 0.15) is 52.0 Å². The van der Waals surface area contributed by atoms with Crippen LogP contribution in [0, 0.1) is 5.92 Å². The molecule has 0 atom stereocenters. The summed E-state index contributed by atoms with van der Waals surface area (Å²) in [5.41, 5.74) is 3.18. The number of nitrogens with zero attached hydrogens (tertiary/aromatic N) is 1. The Hall–Kier alpha value is -2.14. The van der Waals surface area contributed by atoms with E-state index in [-0.39, 0.29) is 18.5 Å². The zero-order valence-corrected chi connectivity index (χ0v) is 17.0. The van der Waals surface area contributed by atoms with Gasteiger partial charge in [0.2, 0.25) is 0 Å². The van der Waals surface area contributed by atoms with Gasteiger partial charge in [0.15, 0.2) is 6.61 Å². The van der Waals surface area contributed by atoms with Gasteiger partial charge in [-0.05, 0) is 62.0 Å². The highest BCUT2D eigenvalue weighted by atomic mass is 32.1. The molecule has 0 bridgehead atoms. The summed E-state index contributed by atoms with van der Waals surface area (Å²) in [5, 5.41) is 1.90. The quantitative estimate of drug-likeness (QED) is 0.708. The number of benzene rings is 1. The van der Waals surface area contributed by atoms with Gasteiger partial charge in [0.1, 0.15) is 0 Å². The SMILES string of the molecule is O=C(OCC(=O)N1CCC(Cc2ccccc2)CC1)c1csc2c1CCCC2. The fraction of sp³-hybridized carbons (Fsp3) is 0.478. The topological polar surface area (TPSA) is 46.6 Å². The zero-order chi connectivity index (χ0) is 19.3. The van der Waals surface area contributed by atoms with Gasteiger partial charge < -0.3 is 9.64 Å². The van der Waals surface area contributed by atoms with Gasteiger partial charge in [-0.1, -0.05) is 30.3 Å². The Kier molecular flexibility index (Phi) is 6.10. The molecule has 1 aliphatic heterocycles. The van der Waals surface area contributed by atoms with Crippen molar-refractivity contribution in [1.29, 1.82) is 0 Å². The van der Waals surface area contributed by atoms with Crippen molar-refractivity contribution in [1.82, 2.24) is 4.90 Å². The predicted octanol–water partition coefficient (Wildman–Crippen LogP) is 4.27. The number of ether oxygens (including phenoxy) is 1. The molecule has 0 radical (unpaired) electrons. The molecule has 2 aromatic rings. The maximum Gasteiger partial charge on any atom is 0.339 e. The highest BCUT2D eigenvalue weighted by molar-refractivity contribution is 7.10. The Labute approximate surface area is 170 Å². The third-order valence-electron chi connectivity index (χ3n) is 5.94. The van der Waals surface area contributed by atoms with Crippen molar-refractivity contribution in [2.75, 3.05) is 19.7 Å². The summed E-state index contributed by atoms with van der Waals surface area (Å²) in [4.78, 5) is 28.1. The van der Waals surface area contributed by atoms with Gasteiger partial charge in [0, 0.05) is 23.3 Å². The normalized spacial score (nSPS) is 17.2. The van der Waals surface area contributed by atoms with Gasteiger partial charge in [-0.3, -0.25) is 4.79 Å². The largest absolute Gasteiger partial charge is 0.452 e. The highest BCUT2D eigenvalue weighted by Crippen LogP contribution is 2.30. The third-order valence-corrected chi connectivity index (χ3v) is 7.03. The van der Waals surface area contributed by atoms with Crippen LogP contribution in [-0.2, 0) is 28.8 Å². The molecule has 0 unspecified atom stereocenters. The van der Waals surface area contributed by atoms with Crippen LogP contribution in [0.25, 0.3) is 0 Å². The number of carbonyl (C=O) groups is 2. The smallest absolute Gasteiger partial charge is 0.339 e. The van der Waals surface area contributed by atoms with E-state index in [4.69, 9.17) is 4.74 Å². The summed E-state index contributed by atoms with van der Waals surface area (Å²) in [6.45, 7) is 1.36. The van der Waals surface area contributed by atoms with Gasteiger partial charge in [-0.2, -0.15) is 0 Å². The summed E-state index contributed by atoms with van der Waals surface area (Å²) in [7, 11) is 0. The van der Waals surface area contributed by atoms with Crippen LogP contribution >= 0.6 is 11.3 Å². The number of fused-ring (bicyclic) bond motifs is 1. The molecule has 1 aromatic heterocycles. The van der Waals surface area contributed by atoms with E-state index in [0.717, 1.165) is 57.2 Å². The molecule has 4 rings (SSSR count). The van der Waals surface area contributed by atoms with Gasteiger partial charge >= 0.3 is 5.97 Å². The molecule has 1 fully saturated rings. The fourth-order valence-electron chi connectivity index (χ4n) is 4.30. The third kappa shape index (κ3) is 4.46. The Morgan fingerprint density at radius 1 is 1.07 bits per heavy atom. The molecular weight excluding hydrogens is 370 g/mol. The summed E-state index contributed by atoms with van der Waals surface area (Å²) < 4.78 is 5.37. The van der Waals surface area contributed by atoms with Crippen molar-refractivity contribution in [3.05, 3.63) is 57.3 Å². The second-order valence-corrected chi connectivity index (χ2v) is 8.81. The number of hydrogen-bond acceptors (Lipinski definition) is 4. The Morgan fingerprint density at radius 2 is 1.82 bits per heavy atom. The number of piperidine rings is 1. The molecule has 1 aliphatic carbocycles. The van der Waals surface area contributed by atoms with Crippen LogP contribution < -0.4 is 0 Å². The molecule has 5 heteroatoms. The van der Waals surface area contributed by atoms with Crippen LogP contribution in [-0.4, -0.2) is 36.5 Å². The van der Waals surface area contributed by atoms with E-state index in [1.165, 1.54) is 16.9 Å². The van der Waals surface area contributed by atoms with E-state index < -0.39 is 0 Å². The lowest BCUT2D eigenvalue weighted by atomic mass is 9.90. The Balaban J connectivity index is 1.24. The number of esters is 1. The number of amides is 1. The molecular formula is C23H27NO3S. The Morgan fingerprint density at radius 3 is 2.61 bits per heavy atom. The minimum atomic E-state index is -0.341. The molecule has 1 aromatic carbocycles. The number of likely N-dealkylation sites (tertiary alicyclic amines) is 1. The van der Waals surface area contributed by atoms with E-state index in [1.807, 2.05) is 16.3 Å². The molecule has 0 spiro atoms. The van der Waals surface area contributed by atoms with Gasteiger partial charge in [-0.15, -0.1) is 11.3 Å². The van der Waals surface area contributed by atoms with Crippen LogP contribution in [0.15, 0.2) is 35.7 Å². The van der Waals surface area contributed by atoms with E-state index in [0.29, 0.717) is 11.5 Å². The summed E-state index contributed by atoms with van der Waals surface area (Å²) in [5.74, 6) is 0.202. The maximum absolute atomic E-state index is 12.5. The van der Waals surface area contributed by atoms with Crippen LogP contribution in [0.4, 0.5) is 0 Å². The molecule has 0 N–H and O–H groups in total. The molecule has 148 valence electrons. The predicted molar refractivity (Wildman–Crippen MR) is 111 cm³/mol. The zero-order valence-electron chi connectivity index (χ0n) is 16.2. The molecule has 2 aliphatic rings. The first-order chi connectivity index (χ1) is 13.7. The van der Waals surface area contributed by atoms with Gasteiger partial charge in [-0.25, -0.2) is 4.79 Å². The van der Waals surface area contributed by atoms with Crippen molar-refractivity contribution < 1.29 is 14.3 Å². The second kappa shape index (κ2) is 8.91. The first kappa shape index (κ1) is 19.2. The number of thiophene rings is 1. The number of aryl methyl sites for hydroxylation is 1. The van der Waals surface area contributed by atoms with Crippen LogP contribution in [0.3, 0.4) is 0 Å². The average Bonchev–Trinajstić information content (AvgIpc) is 3.17. The molecule has 1 saturated heterocycles. The van der Waals surface area contributed by atoms with Crippen molar-refractivity contribution >= 4 is 23.2 Å². The standard InChI is InChI=1S/C23H27NO3S/c25-22(15-27-23(26)20-16-28-21-9-5-4-8-19(20)21)24-12-10-18(11-13-24)14-17-6-2-1-3-7-17/h1-3,6-7,16,18H,4-5,8-15H2. The molecule has 1 amide bonds. The van der Waals surface area contributed by atoms with E-state index in [1.54, 1.807) is 11.3 Å². The summed E-state index contributed by atoms with van der Waals surface area (Å²) in [6.07, 6.45) is 7.41. The molecule has 4 nitrogen and oxygen atoms in total. The van der Waals surface area contributed by atoms with Gasteiger partial charge in [0.25, 0.3) is 5.91 Å². The number of carbonyl (C=O) groups excluding carboxylic acids is 2. The average molecular weight is 398 g/mol. The van der Waals surface area contributed by atoms with Gasteiger partial charge in [0.05, 0.1) is 5.56 Å². The van der Waals surface area contributed by atoms with Crippen molar-refractivity contribution in [2.24, 2.45) is 5.92 Å². The molecule has 2 heterocycles. The van der Waals surface area contributed by atoms with Crippen molar-refractivity contribution in [3.8, 4) is 0 Å². The minimum Gasteiger partial charge on any atom is -0.452 e. The fourth-order valence-corrected chi connectivity index (χ4v) is 5.41. The van der Waals surface area contributed by atoms with Crippen LogP contribution in [0.5, 0.6) is 0 Å². The van der Waals surface area contributed by atoms with E-state index in [9.17, 15) is 9.59 Å². The Bertz CT molecular complexity index is 822. The molecule has 28 heavy (non-hydrogen) atoms.